The number of hydrogen-bond acceptors (Lipinski definition) is 3. The lowest BCUT2D eigenvalue weighted by Gasteiger charge is -2.17. The zero-order chi connectivity index (χ0) is 15.8. The van der Waals surface area contributed by atoms with Crippen molar-refractivity contribution in [3.05, 3.63) is 71.8 Å². The molecule has 0 unspecified atom stereocenters. The van der Waals surface area contributed by atoms with E-state index in [9.17, 15) is 9.59 Å². The molecule has 0 heterocycles. The number of ether oxygens (including phenoxy) is 1. The van der Waals surface area contributed by atoms with Crippen LogP contribution in [0.25, 0.3) is 0 Å². The number of carbonyl (C=O) groups excluding carboxylic acids is 2. The van der Waals surface area contributed by atoms with Crippen molar-refractivity contribution in [3.8, 4) is 0 Å². The Morgan fingerprint density at radius 1 is 0.909 bits per heavy atom. The molecule has 2 rings (SSSR count). The molecule has 0 bridgehead atoms. The first kappa shape index (κ1) is 16.0. The van der Waals surface area contributed by atoms with Crippen LogP contribution in [0.3, 0.4) is 0 Å². The van der Waals surface area contributed by atoms with Gasteiger partial charge in [-0.3, -0.25) is 4.79 Å². The second-order valence-electron chi connectivity index (χ2n) is 5.06. The highest BCUT2D eigenvalue weighted by Crippen LogP contribution is 2.29. The Morgan fingerprint density at radius 3 is 1.86 bits per heavy atom. The van der Waals surface area contributed by atoms with Gasteiger partial charge in [-0.1, -0.05) is 60.7 Å². The summed E-state index contributed by atoms with van der Waals surface area (Å²) < 4.78 is 4.76. The molecule has 0 aliphatic rings. The lowest BCUT2D eigenvalue weighted by molar-refractivity contribution is -0.153. The first-order chi connectivity index (χ1) is 10.7. The van der Waals surface area contributed by atoms with Crippen LogP contribution in [0.1, 0.15) is 36.8 Å². The van der Waals surface area contributed by atoms with Crippen LogP contribution in [0.2, 0.25) is 0 Å². The number of ketones is 1. The van der Waals surface area contributed by atoms with E-state index in [0.717, 1.165) is 11.1 Å². The SMILES string of the molecule is CCOC(=O)C(=O)CCC(c1ccccc1)c1ccccc1. The summed E-state index contributed by atoms with van der Waals surface area (Å²) in [5, 5.41) is 0. The van der Waals surface area contributed by atoms with Gasteiger partial charge in [0.05, 0.1) is 6.61 Å². The molecule has 0 aliphatic carbocycles. The van der Waals surface area contributed by atoms with Gasteiger partial charge in [-0.25, -0.2) is 4.79 Å². The van der Waals surface area contributed by atoms with Crippen LogP contribution in [0.5, 0.6) is 0 Å². The zero-order valence-corrected chi connectivity index (χ0v) is 12.7. The molecule has 0 radical (unpaired) electrons. The van der Waals surface area contributed by atoms with E-state index >= 15 is 0 Å². The van der Waals surface area contributed by atoms with Crippen molar-refractivity contribution in [2.75, 3.05) is 6.61 Å². The molecule has 2 aromatic rings. The van der Waals surface area contributed by atoms with Crippen molar-refractivity contribution in [2.45, 2.75) is 25.7 Å². The van der Waals surface area contributed by atoms with Crippen LogP contribution < -0.4 is 0 Å². The number of rotatable bonds is 7. The Kier molecular flexibility index (Phi) is 5.90. The molecule has 0 saturated heterocycles. The van der Waals surface area contributed by atoms with Crippen molar-refractivity contribution < 1.29 is 14.3 Å². The van der Waals surface area contributed by atoms with Crippen LogP contribution in [0.4, 0.5) is 0 Å². The average molecular weight is 296 g/mol. The van der Waals surface area contributed by atoms with E-state index < -0.39 is 11.8 Å². The van der Waals surface area contributed by atoms with Gasteiger partial charge in [0, 0.05) is 12.3 Å². The van der Waals surface area contributed by atoms with Gasteiger partial charge >= 0.3 is 5.97 Å². The molecule has 0 fully saturated rings. The second kappa shape index (κ2) is 8.13. The summed E-state index contributed by atoms with van der Waals surface area (Å²) in [6, 6.07) is 20.1. The Hall–Kier alpha value is -2.42. The largest absolute Gasteiger partial charge is 0.460 e. The third-order valence-electron chi connectivity index (χ3n) is 3.57. The van der Waals surface area contributed by atoms with Crippen LogP contribution in [0.15, 0.2) is 60.7 Å². The van der Waals surface area contributed by atoms with Crippen molar-refractivity contribution >= 4 is 11.8 Å². The smallest absolute Gasteiger partial charge is 0.374 e. The molecular weight excluding hydrogens is 276 g/mol. The van der Waals surface area contributed by atoms with E-state index in [1.165, 1.54) is 0 Å². The van der Waals surface area contributed by atoms with E-state index in [4.69, 9.17) is 4.74 Å². The molecular formula is C19H20O3. The molecule has 0 amide bonds. The Labute approximate surface area is 130 Å². The summed E-state index contributed by atoms with van der Waals surface area (Å²) in [6.45, 7) is 1.92. The third-order valence-corrected chi connectivity index (χ3v) is 3.57. The van der Waals surface area contributed by atoms with Crippen molar-refractivity contribution in [2.24, 2.45) is 0 Å². The van der Waals surface area contributed by atoms with Gasteiger partial charge in [-0.05, 0) is 24.5 Å². The minimum absolute atomic E-state index is 0.0979. The number of Topliss-reactive ketones (excluding diaryl/α,β-unsaturated/α-hetero) is 1. The first-order valence-corrected chi connectivity index (χ1v) is 7.52. The third kappa shape index (κ3) is 4.29. The minimum atomic E-state index is -0.734. The summed E-state index contributed by atoms with van der Waals surface area (Å²) in [5.74, 6) is -1.10. The highest BCUT2D eigenvalue weighted by molar-refractivity contribution is 6.33. The fraction of sp³-hybridized carbons (Fsp3) is 0.263. The van der Waals surface area contributed by atoms with Crippen molar-refractivity contribution in [1.29, 1.82) is 0 Å². The quantitative estimate of drug-likeness (QED) is 0.577. The zero-order valence-electron chi connectivity index (χ0n) is 12.7. The number of carbonyl (C=O) groups is 2. The standard InChI is InChI=1S/C19H20O3/c1-2-22-19(21)18(20)14-13-17(15-9-5-3-6-10-15)16-11-7-4-8-12-16/h3-12,17H,2,13-14H2,1H3. The van der Waals surface area contributed by atoms with Crippen LogP contribution in [-0.4, -0.2) is 18.4 Å². The lowest BCUT2D eigenvalue weighted by atomic mass is 9.87. The topological polar surface area (TPSA) is 43.4 Å². The summed E-state index contributed by atoms with van der Waals surface area (Å²) in [6.07, 6.45) is 0.777. The van der Waals surface area contributed by atoms with Crippen molar-refractivity contribution in [1.82, 2.24) is 0 Å². The average Bonchev–Trinajstić information content (AvgIpc) is 2.57. The molecule has 0 N–H and O–H groups in total. The molecule has 0 saturated carbocycles. The predicted molar refractivity (Wildman–Crippen MR) is 85.6 cm³/mol. The van der Waals surface area contributed by atoms with Gasteiger partial charge < -0.3 is 4.74 Å². The van der Waals surface area contributed by atoms with Gasteiger partial charge in [-0.15, -0.1) is 0 Å². The molecule has 0 aliphatic heterocycles. The number of benzene rings is 2. The summed E-state index contributed by atoms with van der Waals surface area (Å²) in [7, 11) is 0. The van der Waals surface area contributed by atoms with E-state index in [1.807, 2.05) is 60.7 Å². The Morgan fingerprint density at radius 2 is 1.41 bits per heavy atom. The highest BCUT2D eigenvalue weighted by atomic mass is 16.5. The van der Waals surface area contributed by atoms with Gasteiger partial charge in [-0.2, -0.15) is 0 Å². The maximum absolute atomic E-state index is 11.8. The van der Waals surface area contributed by atoms with Gasteiger partial charge in [0.2, 0.25) is 5.78 Å². The van der Waals surface area contributed by atoms with Gasteiger partial charge in [0.25, 0.3) is 0 Å². The van der Waals surface area contributed by atoms with E-state index in [-0.39, 0.29) is 18.9 Å². The van der Waals surface area contributed by atoms with E-state index in [1.54, 1.807) is 6.92 Å². The van der Waals surface area contributed by atoms with E-state index in [2.05, 4.69) is 0 Å². The maximum Gasteiger partial charge on any atom is 0.374 e. The molecule has 22 heavy (non-hydrogen) atoms. The van der Waals surface area contributed by atoms with Crippen LogP contribution in [-0.2, 0) is 14.3 Å². The molecule has 0 aromatic heterocycles. The molecule has 0 atom stereocenters. The minimum Gasteiger partial charge on any atom is -0.460 e. The Bertz CT molecular complexity index is 566. The molecule has 3 nitrogen and oxygen atoms in total. The second-order valence-corrected chi connectivity index (χ2v) is 5.06. The lowest BCUT2D eigenvalue weighted by Crippen LogP contribution is -2.18. The fourth-order valence-electron chi connectivity index (χ4n) is 2.49. The van der Waals surface area contributed by atoms with Crippen molar-refractivity contribution in [3.63, 3.8) is 0 Å². The van der Waals surface area contributed by atoms with Gasteiger partial charge in [0.1, 0.15) is 0 Å². The Balaban J connectivity index is 2.13. The maximum atomic E-state index is 11.8. The fourth-order valence-corrected chi connectivity index (χ4v) is 2.49. The normalized spacial score (nSPS) is 10.5. The molecule has 114 valence electrons. The number of esters is 1. The van der Waals surface area contributed by atoms with Crippen LogP contribution in [0, 0.1) is 0 Å². The summed E-state index contributed by atoms with van der Waals surface area (Å²) >= 11 is 0. The molecule has 3 heteroatoms. The first-order valence-electron chi connectivity index (χ1n) is 7.52. The molecule has 0 spiro atoms. The highest BCUT2D eigenvalue weighted by Gasteiger charge is 2.19. The summed E-state index contributed by atoms with van der Waals surface area (Å²) in [4.78, 5) is 23.3. The molecule has 2 aromatic carbocycles. The summed E-state index contributed by atoms with van der Waals surface area (Å²) in [5.41, 5.74) is 2.29. The van der Waals surface area contributed by atoms with Gasteiger partial charge in [0.15, 0.2) is 0 Å². The number of hydrogen-bond donors (Lipinski definition) is 0. The predicted octanol–water partition coefficient (Wildman–Crippen LogP) is 3.73. The van der Waals surface area contributed by atoms with Crippen LogP contribution >= 0.6 is 0 Å². The van der Waals surface area contributed by atoms with E-state index in [0.29, 0.717) is 6.42 Å². The monoisotopic (exact) mass is 296 g/mol.